The lowest BCUT2D eigenvalue weighted by Crippen LogP contribution is -2.64. The summed E-state index contributed by atoms with van der Waals surface area (Å²) in [5.41, 5.74) is -0.207. The number of hydrogen-bond donors (Lipinski definition) is 2. The smallest absolute Gasteiger partial charge is 0.271 e. The molecule has 1 aliphatic heterocycles. The van der Waals surface area contributed by atoms with Gasteiger partial charge < -0.3 is 15.2 Å². The minimum atomic E-state index is -0.741. The van der Waals surface area contributed by atoms with Crippen molar-refractivity contribution in [2.75, 3.05) is 13.1 Å². The molecule has 1 atom stereocenters. The molecule has 2 rings (SSSR count). The summed E-state index contributed by atoms with van der Waals surface area (Å²) in [6.45, 7) is 4.93. The van der Waals surface area contributed by atoms with Crippen LogP contribution >= 0.6 is 0 Å². The fourth-order valence-corrected chi connectivity index (χ4v) is 2.51. The molecule has 0 aromatic carbocycles. The third-order valence-electron chi connectivity index (χ3n) is 3.52. The molecule has 1 aromatic heterocycles. The first-order valence-corrected chi connectivity index (χ1v) is 6.33. The van der Waals surface area contributed by atoms with E-state index in [9.17, 15) is 9.59 Å². The van der Waals surface area contributed by atoms with E-state index < -0.39 is 5.54 Å². The molecule has 1 fully saturated rings. The molecule has 2 heterocycles. The van der Waals surface area contributed by atoms with Crippen LogP contribution < -0.4 is 5.32 Å². The summed E-state index contributed by atoms with van der Waals surface area (Å²) in [5, 5.41) is 2.84. The van der Waals surface area contributed by atoms with Crippen LogP contribution in [0.15, 0.2) is 18.3 Å². The monoisotopic (exact) mass is 249 g/mol. The van der Waals surface area contributed by atoms with Gasteiger partial charge in [0.1, 0.15) is 11.2 Å². The third kappa shape index (κ3) is 2.00. The Morgan fingerprint density at radius 3 is 2.94 bits per heavy atom. The molecule has 5 heteroatoms. The van der Waals surface area contributed by atoms with E-state index in [1.165, 1.54) is 0 Å². The summed E-state index contributed by atoms with van der Waals surface area (Å²) in [6, 6.07) is 3.52. The van der Waals surface area contributed by atoms with Crippen molar-refractivity contribution in [2.24, 2.45) is 0 Å². The summed E-state index contributed by atoms with van der Waals surface area (Å²) in [4.78, 5) is 29.1. The van der Waals surface area contributed by atoms with E-state index in [-0.39, 0.29) is 11.8 Å². The van der Waals surface area contributed by atoms with Gasteiger partial charge in [0.2, 0.25) is 5.91 Å². The van der Waals surface area contributed by atoms with Crippen molar-refractivity contribution >= 4 is 11.8 Å². The predicted molar refractivity (Wildman–Crippen MR) is 68.2 cm³/mol. The van der Waals surface area contributed by atoms with Crippen LogP contribution in [0.2, 0.25) is 0 Å². The average molecular weight is 249 g/mol. The maximum absolute atomic E-state index is 12.4. The second kappa shape index (κ2) is 4.84. The minimum Gasteiger partial charge on any atom is -0.357 e. The van der Waals surface area contributed by atoms with Crippen LogP contribution in [0, 0.1) is 0 Å². The summed E-state index contributed by atoms with van der Waals surface area (Å²) in [6.07, 6.45) is 3.25. The van der Waals surface area contributed by atoms with Crippen molar-refractivity contribution in [2.45, 2.75) is 32.2 Å². The van der Waals surface area contributed by atoms with Gasteiger partial charge in [-0.3, -0.25) is 9.59 Å². The largest absolute Gasteiger partial charge is 0.357 e. The molecule has 0 radical (unpaired) electrons. The quantitative estimate of drug-likeness (QED) is 0.843. The van der Waals surface area contributed by atoms with E-state index in [0.29, 0.717) is 25.2 Å². The zero-order valence-electron chi connectivity index (χ0n) is 10.8. The molecule has 1 saturated heterocycles. The highest BCUT2D eigenvalue weighted by atomic mass is 16.2. The van der Waals surface area contributed by atoms with E-state index >= 15 is 0 Å². The Morgan fingerprint density at radius 1 is 1.56 bits per heavy atom. The van der Waals surface area contributed by atoms with Crippen molar-refractivity contribution in [3.8, 4) is 0 Å². The molecule has 0 bridgehead atoms. The van der Waals surface area contributed by atoms with Gasteiger partial charge in [-0.25, -0.2) is 0 Å². The summed E-state index contributed by atoms with van der Waals surface area (Å²) < 4.78 is 0. The van der Waals surface area contributed by atoms with Crippen LogP contribution in [0.25, 0.3) is 0 Å². The van der Waals surface area contributed by atoms with Crippen molar-refractivity contribution < 1.29 is 9.59 Å². The molecule has 2 N–H and O–H groups in total. The molecule has 5 nitrogen and oxygen atoms in total. The number of carbonyl (C=O) groups is 2. The molecule has 0 spiro atoms. The Kier molecular flexibility index (Phi) is 3.41. The maximum atomic E-state index is 12.4. The number of hydrogen-bond acceptors (Lipinski definition) is 2. The molecule has 0 aliphatic carbocycles. The molecule has 98 valence electrons. The lowest BCUT2D eigenvalue weighted by Gasteiger charge is -2.43. The topological polar surface area (TPSA) is 65.2 Å². The third-order valence-corrected chi connectivity index (χ3v) is 3.52. The fourth-order valence-electron chi connectivity index (χ4n) is 2.51. The molecule has 1 aliphatic rings. The standard InChI is InChI=1S/C13H19N3O2/c1-3-6-13(2)12(18)15-8-9-16(13)11(17)10-5-4-7-14-10/h4-5,7,14H,3,6,8-9H2,1-2H3,(H,15,18). The maximum Gasteiger partial charge on any atom is 0.271 e. The molecular weight excluding hydrogens is 230 g/mol. The SMILES string of the molecule is CCCC1(C)C(=O)NCCN1C(=O)c1ccc[nH]1. The predicted octanol–water partition coefficient (Wildman–Crippen LogP) is 1.15. The zero-order chi connectivity index (χ0) is 13.2. The van der Waals surface area contributed by atoms with Gasteiger partial charge in [0.05, 0.1) is 0 Å². The van der Waals surface area contributed by atoms with Gasteiger partial charge in [-0.1, -0.05) is 13.3 Å². The first kappa shape index (κ1) is 12.7. The van der Waals surface area contributed by atoms with Crippen LogP contribution in [0.3, 0.4) is 0 Å². The van der Waals surface area contributed by atoms with E-state index in [1.54, 1.807) is 23.2 Å². The molecule has 1 aromatic rings. The Hall–Kier alpha value is -1.78. The number of amides is 2. The van der Waals surface area contributed by atoms with Crippen LogP contribution in [0.4, 0.5) is 0 Å². The second-order valence-electron chi connectivity index (χ2n) is 4.82. The molecule has 1 unspecified atom stereocenters. The number of rotatable bonds is 3. The highest BCUT2D eigenvalue weighted by Gasteiger charge is 2.44. The Balaban J connectivity index is 2.29. The van der Waals surface area contributed by atoms with E-state index in [0.717, 1.165) is 6.42 Å². The molecule has 0 saturated carbocycles. The van der Waals surface area contributed by atoms with Crippen LogP contribution in [0.5, 0.6) is 0 Å². The lowest BCUT2D eigenvalue weighted by atomic mass is 9.90. The lowest BCUT2D eigenvalue weighted by molar-refractivity contribution is -0.134. The first-order chi connectivity index (χ1) is 8.59. The van der Waals surface area contributed by atoms with Crippen LogP contribution in [0.1, 0.15) is 37.2 Å². The highest BCUT2D eigenvalue weighted by Crippen LogP contribution is 2.25. The summed E-state index contributed by atoms with van der Waals surface area (Å²) in [7, 11) is 0. The van der Waals surface area contributed by atoms with Crippen LogP contribution in [-0.4, -0.2) is 40.3 Å². The van der Waals surface area contributed by atoms with Gasteiger partial charge in [0, 0.05) is 19.3 Å². The van der Waals surface area contributed by atoms with E-state index in [1.807, 2.05) is 13.8 Å². The van der Waals surface area contributed by atoms with Crippen molar-refractivity contribution in [3.05, 3.63) is 24.0 Å². The average Bonchev–Trinajstić information content (AvgIpc) is 2.86. The summed E-state index contributed by atoms with van der Waals surface area (Å²) >= 11 is 0. The van der Waals surface area contributed by atoms with Gasteiger partial charge in [0.15, 0.2) is 0 Å². The van der Waals surface area contributed by atoms with Gasteiger partial charge in [0.25, 0.3) is 5.91 Å². The Bertz CT molecular complexity index is 441. The Morgan fingerprint density at radius 2 is 2.33 bits per heavy atom. The normalized spacial score (nSPS) is 23.9. The molecule has 18 heavy (non-hydrogen) atoms. The van der Waals surface area contributed by atoms with Gasteiger partial charge in [-0.05, 0) is 25.5 Å². The number of piperazine rings is 1. The van der Waals surface area contributed by atoms with Crippen molar-refractivity contribution in [1.29, 1.82) is 0 Å². The van der Waals surface area contributed by atoms with E-state index in [4.69, 9.17) is 0 Å². The van der Waals surface area contributed by atoms with Crippen molar-refractivity contribution in [3.63, 3.8) is 0 Å². The Labute approximate surface area is 107 Å². The molecule has 2 amide bonds. The molecular formula is C13H19N3O2. The van der Waals surface area contributed by atoms with E-state index in [2.05, 4.69) is 10.3 Å². The van der Waals surface area contributed by atoms with Gasteiger partial charge in [-0.15, -0.1) is 0 Å². The van der Waals surface area contributed by atoms with Crippen molar-refractivity contribution in [1.82, 2.24) is 15.2 Å². The first-order valence-electron chi connectivity index (χ1n) is 6.33. The zero-order valence-corrected chi connectivity index (χ0v) is 10.8. The number of aromatic nitrogens is 1. The summed E-state index contributed by atoms with van der Waals surface area (Å²) in [5.74, 6) is -0.165. The van der Waals surface area contributed by atoms with Gasteiger partial charge >= 0.3 is 0 Å². The number of nitrogens with one attached hydrogen (secondary N) is 2. The van der Waals surface area contributed by atoms with Crippen LogP contribution in [-0.2, 0) is 4.79 Å². The number of nitrogens with zero attached hydrogens (tertiary/aromatic N) is 1. The number of aromatic amines is 1. The minimum absolute atomic E-state index is 0.0597. The second-order valence-corrected chi connectivity index (χ2v) is 4.82. The highest BCUT2D eigenvalue weighted by molar-refractivity contribution is 5.98. The fraction of sp³-hybridized carbons (Fsp3) is 0.538. The number of carbonyl (C=O) groups excluding carboxylic acids is 2. The van der Waals surface area contributed by atoms with Gasteiger partial charge in [-0.2, -0.15) is 0 Å². The number of H-pyrrole nitrogens is 1.